The number of hydrogen-bond donors (Lipinski definition) is 2. The molecular weight excluding hydrogens is 408 g/mol. The molecule has 0 radical (unpaired) electrons. The monoisotopic (exact) mass is 438 g/mol. The molecule has 2 aromatic carbocycles. The first-order chi connectivity index (χ1) is 15.4. The average Bonchev–Trinajstić information content (AvgIpc) is 3.28. The Morgan fingerprint density at radius 2 is 1.78 bits per heavy atom. The molecule has 1 unspecified atom stereocenters. The topological polar surface area (TPSA) is 93.8 Å². The molecule has 0 aliphatic heterocycles. The molecule has 0 bridgehead atoms. The molecule has 1 heterocycles. The SMILES string of the molecule is COc1cc(C(O)[C@H](CCCc2ccccc2)Cn2cc(C(=O)O)cn2)cc(OC)c1C. The van der Waals surface area contributed by atoms with Crippen LogP contribution in [0.15, 0.2) is 54.9 Å². The van der Waals surface area contributed by atoms with Crippen molar-refractivity contribution in [2.45, 2.75) is 38.8 Å². The summed E-state index contributed by atoms with van der Waals surface area (Å²) < 4.78 is 12.5. The minimum Gasteiger partial charge on any atom is -0.496 e. The number of aliphatic hydroxyl groups excluding tert-OH is 1. The van der Waals surface area contributed by atoms with Gasteiger partial charge in [-0.1, -0.05) is 30.3 Å². The second-order valence-corrected chi connectivity index (χ2v) is 7.89. The Bertz CT molecular complexity index is 1010. The van der Waals surface area contributed by atoms with Crippen molar-refractivity contribution in [3.05, 3.63) is 77.1 Å². The van der Waals surface area contributed by atoms with Gasteiger partial charge in [-0.25, -0.2) is 4.79 Å². The van der Waals surface area contributed by atoms with Crippen molar-refractivity contribution in [3.63, 3.8) is 0 Å². The second kappa shape index (κ2) is 10.8. The highest BCUT2D eigenvalue weighted by atomic mass is 16.5. The number of rotatable bonds is 11. The van der Waals surface area contributed by atoms with Crippen LogP contribution in [0.1, 0.15) is 46.0 Å². The Morgan fingerprint density at radius 3 is 2.34 bits per heavy atom. The standard InChI is InChI=1S/C25H30N2O5/c1-17-22(31-2)12-20(13-23(17)32-3)24(28)19(11-7-10-18-8-5-4-6-9-18)15-27-16-21(14-26-27)25(29)30/h4-6,8-9,12-14,16,19,24,28H,7,10-11,15H2,1-3H3,(H,29,30)/t19-,24?/m1/s1. The summed E-state index contributed by atoms with van der Waals surface area (Å²) in [6, 6.07) is 13.9. The molecule has 3 rings (SSSR count). The molecule has 7 heteroatoms. The van der Waals surface area contributed by atoms with Crippen molar-refractivity contribution < 1.29 is 24.5 Å². The number of ether oxygens (including phenoxy) is 2. The molecule has 2 atom stereocenters. The number of carboxylic acid groups (broad SMARTS) is 1. The normalized spacial score (nSPS) is 12.9. The van der Waals surface area contributed by atoms with Crippen molar-refractivity contribution in [1.29, 1.82) is 0 Å². The largest absolute Gasteiger partial charge is 0.496 e. The predicted octanol–water partition coefficient (Wildman–Crippen LogP) is 4.28. The lowest BCUT2D eigenvalue weighted by molar-refractivity contribution is 0.0696. The quantitative estimate of drug-likeness (QED) is 0.464. The fourth-order valence-electron chi connectivity index (χ4n) is 3.93. The summed E-state index contributed by atoms with van der Waals surface area (Å²) in [6.07, 6.45) is 4.52. The van der Waals surface area contributed by atoms with Crippen molar-refractivity contribution in [1.82, 2.24) is 9.78 Å². The highest BCUT2D eigenvalue weighted by Crippen LogP contribution is 2.36. The molecule has 170 valence electrons. The summed E-state index contributed by atoms with van der Waals surface area (Å²) in [6.45, 7) is 2.30. The third kappa shape index (κ3) is 5.68. The first-order valence-electron chi connectivity index (χ1n) is 10.6. The number of methoxy groups -OCH3 is 2. The molecule has 0 aliphatic carbocycles. The number of nitrogens with zero attached hydrogens (tertiary/aromatic N) is 2. The molecule has 1 aromatic heterocycles. The molecule has 0 saturated carbocycles. The molecule has 2 N–H and O–H groups in total. The van der Waals surface area contributed by atoms with E-state index in [2.05, 4.69) is 17.2 Å². The zero-order valence-corrected chi connectivity index (χ0v) is 18.7. The third-order valence-corrected chi connectivity index (χ3v) is 5.75. The van der Waals surface area contributed by atoms with Crippen LogP contribution in [0.2, 0.25) is 0 Å². The van der Waals surface area contributed by atoms with Crippen LogP contribution in [-0.4, -0.2) is 40.2 Å². The first-order valence-corrected chi connectivity index (χ1v) is 10.6. The van der Waals surface area contributed by atoms with E-state index < -0.39 is 12.1 Å². The van der Waals surface area contributed by atoms with Gasteiger partial charge in [-0.05, 0) is 49.4 Å². The molecule has 0 fully saturated rings. The van der Waals surface area contributed by atoms with Crippen LogP contribution < -0.4 is 9.47 Å². The molecule has 0 saturated heterocycles. The van der Waals surface area contributed by atoms with Gasteiger partial charge in [0.05, 0.1) is 32.1 Å². The van der Waals surface area contributed by atoms with Gasteiger partial charge in [-0.3, -0.25) is 4.68 Å². The number of hydrogen-bond acceptors (Lipinski definition) is 5. The van der Waals surface area contributed by atoms with E-state index in [-0.39, 0.29) is 11.5 Å². The summed E-state index contributed by atoms with van der Waals surface area (Å²) in [5, 5.41) is 24.7. The lowest BCUT2D eigenvalue weighted by atomic mass is 9.89. The maximum atomic E-state index is 11.3. The second-order valence-electron chi connectivity index (χ2n) is 7.89. The molecule has 0 aliphatic rings. The van der Waals surface area contributed by atoms with Crippen molar-refractivity contribution >= 4 is 5.97 Å². The van der Waals surface area contributed by atoms with Gasteiger partial charge in [-0.2, -0.15) is 5.10 Å². The lowest BCUT2D eigenvalue weighted by Crippen LogP contribution is -2.20. The Balaban J connectivity index is 1.83. The maximum absolute atomic E-state index is 11.3. The smallest absolute Gasteiger partial charge is 0.338 e. The van der Waals surface area contributed by atoms with Gasteiger partial charge < -0.3 is 19.7 Å². The Morgan fingerprint density at radius 1 is 1.12 bits per heavy atom. The van der Waals surface area contributed by atoms with E-state index >= 15 is 0 Å². The Kier molecular flexibility index (Phi) is 7.89. The third-order valence-electron chi connectivity index (χ3n) is 5.75. The van der Waals surface area contributed by atoms with E-state index in [0.717, 1.165) is 24.8 Å². The average molecular weight is 439 g/mol. The van der Waals surface area contributed by atoms with Gasteiger partial charge in [0.25, 0.3) is 0 Å². The summed E-state index contributed by atoms with van der Waals surface area (Å²) in [4.78, 5) is 11.2. The van der Waals surface area contributed by atoms with Gasteiger partial charge in [0, 0.05) is 24.2 Å². The summed E-state index contributed by atoms with van der Waals surface area (Å²) in [5.74, 6) is 0.0881. The first kappa shape index (κ1) is 23.3. The van der Waals surface area contributed by atoms with Gasteiger partial charge >= 0.3 is 5.97 Å². The van der Waals surface area contributed by atoms with Crippen molar-refractivity contribution in [3.8, 4) is 11.5 Å². The number of aryl methyl sites for hydroxylation is 1. The van der Waals surface area contributed by atoms with Crippen LogP contribution in [0.4, 0.5) is 0 Å². The predicted molar refractivity (Wildman–Crippen MR) is 121 cm³/mol. The lowest BCUT2D eigenvalue weighted by Gasteiger charge is -2.25. The zero-order valence-electron chi connectivity index (χ0n) is 18.7. The number of aromatic nitrogens is 2. The number of aromatic carboxylic acids is 1. The summed E-state index contributed by atoms with van der Waals surface area (Å²) in [5.41, 5.74) is 2.93. The minimum atomic E-state index is -1.02. The van der Waals surface area contributed by atoms with Crippen LogP contribution in [0.5, 0.6) is 11.5 Å². The molecule has 7 nitrogen and oxygen atoms in total. The molecule has 0 amide bonds. The van der Waals surface area contributed by atoms with Crippen LogP contribution in [0.25, 0.3) is 0 Å². The van der Waals surface area contributed by atoms with Gasteiger partial charge in [0.15, 0.2) is 0 Å². The minimum absolute atomic E-state index is 0.126. The van der Waals surface area contributed by atoms with Gasteiger partial charge in [0.2, 0.25) is 0 Å². The Hall–Kier alpha value is -3.32. The van der Waals surface area contributed by atoms with Gasteiger partial charge in [0.1, 0.15) is 11.5 Å². The highest BCUT2D eigenvalue weighted by molar-refractivity contribution is 5.86. The van der Waals surface area contributed by atoms with Crippen LogP contribution in [0.3, 0.4) is 0 Å². The van der Waals surface area contributed by atoms with E-state index in [1.54, 1.807) is 18.9 Å². The number of aliphatic hydroxyl groups is 1. The van der Waals surface area contributed by atoms with E-state index in [1.807, 2.05) is 37.3 Å². The van der Waals surface area contributed by atoms with E-state index in [4.69, 9.17) is 9.47 Å². The summed E-state index contributed by atoms with van der Waals surface area (Å²) >= 11 is 0. The summed E-state index contributed by atoms with van der Waals surface area (Å²) in [7, 11) is 3.18. The van der Waals surface area contributed by atoms with E-state index in [0.29, 0.717) is 23.6 Å². The van der Waals surface area contributed by atoms with Crippen molar-refractivity contribution in [2.75, 3.05) is 14.2 Å². The molecule has 3 aromatic rings. The van der Waals surface area contributed by atoms with Crippen LogP contribution in [-0.2, 0) is 13.0 Å². The molecular formula is C25H30N2O5. The van der Waals surface area contributed by atoms with Gasteiger partial charge in [-0.15, -0.1) is 0 Å². The molecule has 0 spiro atoms. The van der Waals surface area contributed by atoms with Crippen LogP contribution in [0, 0.1) is 12.8 Å². The Labute approximate surface area is 188 Å². The van der Waals surface area contributed by atoms with Crippen molar-refractivity contribution in [2.24, 2.45) is 5.92 Å². The fourth-order valence-corrected chi connectivity index (χ4v) is 3.93. The fraction of sp³-hybridized carbons (Fsp3) is 0.360. The van der Waals surface area contributed by atoms with E-state index in [1.165, 1.54) is 18.0 Å². The maximum Gasteiger partial charge on any atom is 0.338 e. The van der Waals surface area contributed by atoms with Crippen LogP contribution >= 0.6 is 0 Å². The number of benzene rings is 2. The number of carbonyl (C=O) groups is 1. The highest BCUT2D eigenvalue weighted by Gasteiger charge is 2.24. The zero-order chi connectivity index (χ0) is 23.1. The van der Waals surface area contributed by atoms with E-state index in [9.17, 15) is 15.0 Å². The molecule has 32 heavy (non-hydrogen) atoms. The number of carboxylic acids is 1.